The predicted octanol–water partition coefficient (Wildman–Crippen LogP) is 15.2. The molecule has 0 spiro atoms. The minimum Gasteiger partial charge on any atom is -0.467 e. The Morgan fingerprint density at radius 1 is 0.450 bits per heavy atom. The highest BCUT2D eigenvalue weighted by Crippen LogP contribution is 2.79. The lowest BCUT2D eigenvalue weighted by Crippen LogP contribution is -2.25. The van der Waals surface area contributed by atoms with Crippen LogP contribution in [0.4, 0.5) is 0 Å². The summed E-state index contributed by atoms with van der Waals surface area (Å²) in [6, 6.07) is 20.1. The van der Waals surface area contributed by atoms with Crippen molar-refractivity contribution in [3.63, 3.8) is 0 Å². The van der Waals surface area contributed by atoms with Gasteiger partial charge in [0.2, 0.25) is 0 Å². The number of furan rings is 1. The van der Waals surface area contributed by atoms with E-state index in [1.165, 1.54) is 6.26 Å². The van der Waals surface area contributed by atoms with E-state index in [0.717, 1.165) is 66.8 Å². The van der Waals surface area contributed by atoms with E-state index in [1.807, 2.05) is 0 Å². The van der Waals surface area contributed by atoms with Crippen LogP contribution in [-0.4, -0.2) is 0 Å². The van der Waals surface area contributed by atoms with Crippen molar-refractivity contribution in [2.75, 3.05) is 0 Å². The lowest BCUT2D eigenvalue weighted by molar-refractivity contribution is 0.331. The molecule has 60 heavy (non-hydrogen) atoms. The van der Waals surface area contributed by atoms with Crippen LogP contribution in [0.5, 0.6) is 23.0 Å². The monoisotopic (exact) mass is 850 g/mol. The molecule has 3 heterocycles. The zero-order chi connectivity index (χ0) is 44.1. The van der Waals surface area contributed by atoms with Crippen molar-refractivity contribution >= 4 is 15.2 Å². The van der Waals surface area contributed by atoms with Gasteiger partial charge in [-0.15, -0.1) is 0 Å². The van der Waals surface area contributed by atoms with Gasteiger partial charge in [-0.25, -0.2) is 9.13 Å². The van der Waals surface area contributed by atoms with Crippen LogP contribution in [0.15, 0.2) is 71.3 Å². The normalized spacial score (nSPS) is 16.3. The molecule has 0 saturated carbocycles. The molecule has 2 aliphatic rings. The number of fused-ring (bicyclic) bond motifs is 4. The van der Waals surface area contributed by atoms with Crippen molar-refractivity contribution in [3.05, 3.63) is 139 Å². The Morgan fingerprint density at radius 2 is 0.717 bits per heavy atom. The van der Waals surface area contributed by atoms with Crippen molar-refractivity contribution in [1.82, 2.24) is 0 Å². The van der Waals surface area contributed by atoms with Crippen LogP contribution in [-0.2, 0) is 43.6 Å². The van der Waals surface area contributed by atoms with Gasteiger partial charge < -0.3 is 22.5 Å². The molecule has 0 amide bonds. The molecule has 0 N–H and O–H groups in total. The summed E-state index contributed by atoms with van der Waals surface area (Å²) >= 11 is 0. The summed E-state index contributed by atoms with van der Waals surface area (Å²) in [5, 5.41) is -1.68. The van der Waals surface area contributed by atoms with Gasteiger partial charge >= 0.3 is 15.2 Å². The molecule has 320 valence electrons. The predicted molar refractivity (Wildman–Crippen MR) is 244 cm³/mol. The number of hydrogen-bond donors (Lipinski definition) is 0. The molecular weight excluding hydrogens is 787 g/mol. The Bertz CT molecular complexity index is 2270. The molecule has 4 aromatic carbocycles. The smallest absolute Gasteiger partial charge is 0.456 e. The van der Waals surface area contributed by atoms with Gasteiger partial charge in [0.25, 0.3) is 5.40 Å². The van der Waals surface area contributed by atoms with Crippen molar-refractivity contribution in [2.45, 2.75) is 151 Å². The first kappa shape index (κ1) is 43.9. The summed E-state index contributed by atoms with van der Waals surface area (Å²) < 4.78 is 68.7. The summed E-state index contributed by atoms with van der Waals surface area (Å²) in [6.45, 7) is 33.6. The molecule has 0 radical (unpaired) electrons. The van der Waals surface area contributed by atoms with Gasteiger partial charge in [-0.2, -0.15) is 0 Å². The van der Waals surface area contributed by atoms with Gasteiger partial charge in [0.1, 0.15) is 28.8 Å². The van der Waals surface area contributed by atoms with Crippen LogP contribution < -0.4 is 18.1 Å². The summed E-state index contributed by atoms with van der Waals surface area (Å²) in [4.78, 5) is 0. The molecule has 2 aliphatic heterocycles. The molecular formula is C51H64O7P2. The minimum absolute atomic E-state index is 0.108. The van der Waals surface area contributed by atoms with Crippen molar-refractivity contribution in [1.29, 1.82) is 0 Å². The van der Waals surface area contributed by atoms with Gasteiger partial charge in [-0.1, -0.05) is 154 Å². The van der Waals surface area contributed by atoms with E-state index >= 15 is 9.13 Å². The molecule has 9 heteroatoms. The second kappa shape index (κ2) is 14.7. The standard InChI is InChI=1S/C51H64O7P2/c1-30-20-34-28-35-21-31(2)25-39(49(8,9)10)44(35)56-59(52,55-43(34)38(24-30)48(5,6)7)47(42-18-17-19-54-42)60(53)57-45-36(22-32(3)26-40(45)50(11,12)13)29-37-23-33(4)27-41(46(37)58-60)51(14,15)16/h17-27,47H,28-29H2,1-16H3. The van der Waals surface area contributed by atoms with Gasteiger partial charge in [0.05, 0.1) is 6.26 Å². The largest absolute Gasteiger partial charge is 0.467 e. The average Bonchev–Trinajstić information content (AvgIpc) is 3.60. The van der Waals surface area contributed by atoms with Gasteiger partial charge in [0, 0.05) is 35.1 Å². The molecule has 0 saturated heterocycles. The van der Waals surface area contributed by atoms with Crippen molar-refractivity contribution < 1.29 is 31.6 Å². The first-order chi connectivity index (χ1) is 27.6. The zero-order valence-electron chi connectivity index (χ0n) is 38.6. The summed E-state index contributed by atoms with van der Waals surface area (Å²) in [6.07, 6.45) is 2.43. The second-order valence-corrected chi connectivity index (χ2v) is 25.7. The Labute approximate surface area is 358 Å². The third-order valence-corrected chi connectivity index (χ3v) is 16.7. The fourth-order valence-corrected chi connectivity index (χ4v) is 13.9. The number of rotatable bonds is 3. The maximum atomic E-state index is 17.0. The van der Waals surface area contributed by atoms with E-state index in [0.29, 0.717) is 35.8 Å². The molecule has 0 fully saturated rings. The van der Waals surface area contributed by atoms with E-state index in [-0.39, 0.29) is 5.76 Å². The highest BCUT2D eigenvalue weighted by molar-refractivity contribution is 7.72. The SMILES string of the molecule is Cc1cc2c(c(C(C)(C)C)c1)OP(=O)(C(c1ccco1)P1(=O)Oc3c(cc(C)cc3C(C)(C)C)Cc3cc(C)cc(C(C)(C)C)c3O1)Oc1c(cc(C)cc1C(C)(C)C)C2. The number of benzene rings is 4. The Hall–Kier alpha value is -4.18. The lowest BCUT2D eigenvalue weighted by Gasteiger charge is -2.38. The van der Waals surface area contributed by atoms with Crippen LogP contribution in [0.25, 0.3) is 0 Å². The van der Waals surface area contributed by atoms with Crippen LogP contribution in [0.3, 0.4) is 0 Å². The summed E-state index contributed by atoms with van der Waals surface area (Å²) in [5.74, 6) is 1.86. The number of aryl methyl sites for hydroxylation is 4. The highest BCUT2D eigenvalue weighted by Gasteiger charge is 2.61. The fourth-order valence-electron chi connectivity index (χ4n) is 8.66. The van der Waals surface area contributed by atoms with Gasteiger partial charge in [-0.05, 0) is 83.7 Å². The Morgan fingerprint density at radius 3 is 0.933 bits per heavy atom. The van der Waals surface area contributed by atoms with Crippen LogP contribution >= 0.6 is 15.2 Å². The molecule has 0 atom stereocenters. The van der Waals surface area contributed by atoms with Crippen LogP contribution in [0.1, 0.15) is 161 Å². The molecule has 7 nitrogen and oxygen atoms in total. The lowest BCUT2D eigenvalue weighted by atomic mass is 9.81. The number of hydrogen-bond acceptors (Lipinski definition) is 7. The molecule has 0 bridgehead atoms. The summed E-state index contributed by atoms with van der Waals surface area (Å²) in [7, 11) is -9.60. The quantitative estimate of drug-likeness (QED) is 0.167. The highest BCUT2D eigenvalue weighted by atomic mass is 31.2. The third kappa shape index (κ3) is 8.26. The van der Waals surface area contributed by atoms with E-state index < -0.39 is 42.3 Å². The van der Waals surface area contributed by atoms with Gasteiger partial charge in [-0.3, -0.25) is 0 Å². The van der Waals surface area contributed by atoms with E-state index in [1.54, 1.807) is 12.1 Å². The zero-order valence-corrected chi connectivity index (χ0v) is 40.4. The molecule has 0 aliphatic carbocycles. The van der Waals surface area contributed by atoms with E-state index in [2.05, 4.69) is 159 Å². The fraction of sp³-hybridized carbons (Fsp3) is 0.451. The van der Waals surface area contributed by atoms with Crippen molar-refractivity contribution in [3.8, 4) is 23.0 Å². The maximum Gasteiger partial charge on any atom is 0.456 e. The Balaban J connectivity index is 1.62. The van der Waals surface area contributed by atoms with Gasteiger partial charge in [0.15, 0.2) is 0 Å². The van der Waals surface area contributed by atoms with Crippen molar-refractivity contribution in [2.24, 2.45) is 0 Å². The molecule has 5 aromatic rings. The topological polar surface area (TPSA) is 84.2 Å². The third-order valence-electron chi connectivity index (χ3n) is 11.5. The van der Waals surface area contributed by atoms with E-state index in [4.69, 9.17) is 22.5 Å². The maximum absolute atomic E-state index is 17.0. The minimum atomic E-state index is -4.80. The van der Waals surface area contributed by atoms with Crippen LogP contribution in [0, 0.1) is 27.7 Å². The molecule has 7 rings (SSSR count). The van der Waals surface area contributed by atoms with Crippen LogP contribution in [0.2, 0.25) is 0 Å². The van der Waals surface area contributed by atoms with E-state index in [9.17, 15) is 0 Å². The first-order valence-corrected chi connectivity index (χ1v) is 24.4. The average molecular weight is 851 g/mol. The molecule has 0 unspecified atom stereocenters. The first-order valence-electron chi connectivity index (χ1n) is 21.1. The summed E-state index contributed by atoms with van der Waals surface area (Å²) in [5.41, 5.74) is 9.35. The molecule has 1 aromatic heterocycles. The second-order valence-electron chi connectivity index (χ2n) is 21.4. The Kier molecular flexibility index (Phi) is 10.8.